The zero-order valence-electron chi connectivity index (χ0n) is 17.4. The highest BCUT2D eigenvalue weighted by atomic mass is 19.1. The van der Waals surface area contributed by atoms with Crippen molar-refractivity contribution in [3.8, 4) is 6.07 Å². The number of hydrogen-bond acceptors (Lipinski definition) is 5. The summed E-state index contributed by atoms with van der Waals surface area (Å²) in [5.41, 5.74) is 3.75. The Morgan fingerprint density at radius 3 is 2.47 bits per heavy atom. The van der Waals surface area contributed by atoms with Crippen molar-refractivity contribution in [2.45, 2.75) is 19.5 Å². The van der Waals surface area contributed by atoms with Gasteiger partial charge in [0.05, 0.1) is 30.3 Å². The quantitative estimate of drug-likeness (QED) is 0.744. The van der Waals surface area contributed by atoms with Crippen molar-refractivity contribution >= 4 is 11.9 Å². The molecule has 0 aliphatic carbocycles. The summed E-state index contributed by atoms with van der Waals surface area (Å²) in [6.07, 6.45) is 0.683. The van der Waals surface area contributed by atoms with Crippen LogP contribution in [0.15, 0.2) is 58.7 Å². The van der Waals surface area contributed by atoms with E-state index >= 15 is 0 Å². The molecule has 32 heavy (non-hydrogen) atoms. The molecule has 5 rings (SSSR count). The molecule has 0 saturated carbocycles. The van der Waals surface area contributed by atoms with Gasteiger partial charge in [0.2, 0.25) is 5.96 Å². The lowest BCUT2D eigenvalue weighted by Crippen LogP contribution is -2.53. The molecule has 3 aliphatic heterocycles. The van der Waals surface area contributed by atoms with Crippen LogP contribution >= 0.6 is 0 Å². The molecular formula is C24H21F2N5O. The summed E-state index contributed by atoms with van der Waals surface area (Å²) in [5.74, 6) is -0.607. The van der Waals surface area contributed by atoms with Crippen LogP contribution in [0.1, 0.15) is 23.1 Å². The van der Waals surface area contributed by atoms with Crippen molar-refractivity contribution in [3.05, 3.63) is 82.1 Å². The number of nitrogens with zero attached hydrogens (tertiary/aromatic N) is 5. The Balaban J connectivity index is 1.39. The number of fused-ring (bicyclic) bond motifs is 2. The lowest BCUT2D eigenvalue weighted by atomic mass is 10.00. The summed E-state index contributed by atoms with van der Waals surface area (Å²) in [7, 11) is 0. The van der Waals surface area contributed by atoms with Gasteiger partial charge in [0, 0.05) is 44.4 Å². The topological polar surface area (TPSA) is 62.9 Å². The molecule has 2 aromatic rings. The van der Waals surface area contributed by atoms with Gasteiger partial charge in [-0.1, -0.05) is 12.1 Å². The molecule has 3 heterocycles. The van der Waals surface area contributed by atoms with E-state index in [-0.39, 0.29) is 5.91 Å². The largest absolute Gasteiger partial charge is 0.314 e. The molecule has 2 aromatic carbocycles. The summed E-state index contributed by atoms with van der Waals surface area (Å²) in [6, 6.07) is 12.8. The molecule has 1 amide bonds. The molecule has 0 bridgehead atoms. The van der Waals surface area contributed by atoms with Crippen LogP contribution in [0.5, 0.6) is 0 Å². The fourth-order valence-corrected chi connectivity index (χ4v) is 4.58. The van der Waals surface area contributed by atoms with Crippen LogP contribution in [0, 0.1) is 23.0 Å². The predicted molar refractivity (Wildman–Crippen MR) is 114 cm³/mol. The third kappa shape index (κ3) is 3.76. The van der Waals surface area contributed by atoms with E-state index in [1.165, 1.54) is 12.1 Å². The summed E-state index contributed by atoms with van der Waals surface area (Å²) in [4.78, 5) is 23.9. The third-order valence-corrected chi connectivity index (χ3v) is 6.04. The highest BCUT2D eigenvalue weighted by Crippen LogP contribution is 2.32. The molecule has 0 aromatic heterocycles. The molecule has 0 atom stereocenters. The smallest absolute Gasteiger partial charge is 0.259 e. The fourth-order valence-electron chi connectivity index (χ4n) is 4.58. The normalized spacial score (nSPS) is 18.4. The van der Waals surface area contributed by atoms with E-state index in [2.05, 4.69) is 16.0 Å². The van der Waals surface area contributed by atoms with E-state index in [9.17, 15) is 13.6 Å². The molecule has 0 N–H and O–H groups in total. The van der Waals surface area contributed by atoms with Crippen LogP contribution < -0.4 is 0 Å². The van der Waals surface area contributed by atoms with Gasteiger partial charge in [0.15, 0.2) is 0 Å². The van der Waals surface area contributed by atoms with Crippen LogP contribution in [-0.4, -0.2) is 52.7 Å². The van der Waals surface area contributed by atoms with Gasteiger partial charge in [-0.3, -0.25) is 19.6 Å². The lowest BCUT2D eigenvalue weighted by molar-refractivity contribution is -0.125. The zero-order chi connectivity index (χ0) is 22.2. The molecular weight excluding hydrogens is 412 g/mol. The summed E-state index contributed by atoms with van der Waals surface area (Å²) in [5, 5.41) is 9.01. The molecule has 3 aliphatic rings. The van der Waals surface area contributed by atoms with Crippen molar-refractivity contribution in [2.24, 2.45) is 4.99 Å². The van der Waals surface area contributed by atoms with Gasteiger partial charge in [-0.25, -0.2) is 8.78 Å². The maximum atomic E-state index is 13.6. The van der Waals surface area contributed by atoms with Crippen LogP contribution in [0.2, 0.25) is 0 Å². The molecule has 8 heteroatoms. The second-order valence-corrected chi connectivity index (χ2v) is 8.20. The van der Waals surface area contributed by atoms with Gasteiger partial charge >= 0.3 is 0 Å². The monoisotopic (exact) mass is 433 g/mol. The van der Waals surface area contributed by atoms with Crippen molar-refractivity contribution in [2.75, 3.05) is 26.2 Å². The average Bonchev–Trinajstić information content (AvgIpc) is 3.26. The second-order valence-electron chi connectivity index (χ2n) is 8.20. The molecule has 6 nitrogen and oxygen atoms in total. The van der Waals surface area contributed by atoms with E-state index in [1.54, 1.807) is 17.0 Å². The minimum Gasteiger partial charge on any atom is -0.314 e. The Labute approximate surface area is 184 Å². The van der Waals surface area contributed by atoms with Crippen molar-refractivity contribution in [3.63, 3.8) is 0 Å². The van der Waals surface area contributed by atoms with E-state index in [0.29, 0.717) is 61.8 Å². The number of halogens is 2. The molecule has 0 radical (unpaired) electrons. The molecule has 0 spiro atoms. The molecule has 162 valence electrons. The zero-order valence-corrected chi connectivity index (χ0v) is 17.4. The van der Waals surface area contributed by atoms with Crippen LogP contribution in [0.3, 0.4) is 0 Å². The van der Waals surface area contributed by atoms with E-state index < -0.39 is 11.6 Å². The molecule has 0 unspecified atom stereocenters. The van der Waals surface area contributed by atoms with E-state index in [1.807, 2.05) is 17.0 Å². The van der Waals surface area contributed by atoms with Crippen LogP contribution in [0.25, 0.3) is 0 Å². The first-order valence-corrected chi connectivity index (χ1v) is 10.5. The summed E-state index contributed by atoms with van der Waals surface area (Å²) >= 11 is 0. The maximum Gasteiger partial charge on any atom is 0.259 e. The van der Waals surface area contributed by atoms with Gasteiger partial charge in [0.25, 0.3) is 5.91 Å². The molecule has 0 fully saturated rings. The highest BCUT2D eigenvalue weighted by molar-refractivity contribution is 6.09. The minimum atomic E-state index is -0.600. The maximum absolute atomic E-state index is 13.6. The SMILES string of the molecule is N#Cc1ccc(CN2C(=O)C3=C(CCN(Cc4cc(F)cc(F)c4)C3)N3CCN=C23)cc1. The summed E-state index contributed by atoms with van der Waals surface area (Å²) < 4.78 is 27.2. The molecule has 0 saturated heterocycles. The second kappa shape index (κ2) is 8.17. The highest BCUT2D eigenvalue weighted by Gasteiger charge is 2.40. The van der Waals surface area contributed by atoms with Gasteiger partial charge in [0.1, 0.15) is 11.6 Å². The van der Waals surface area contributed by atoms with Gasteiger partial charge < -0.3 is 4.90 Å². The number of hydrogen-bond donors (Lipinski definition) is 0. The third-order valence-electron chi connectivity index (χ3n) is 6.04. The number of nitriles is 1. The Morgan fingerprint density at radius 2 is 1.75 bits per heavy atom. The van der Waals surface area contributed by atoms with Gasteiger partial charge in [-0.15, -0.1) is 0 Å². The number of benzene rings is 2. The standard InChI is InChI=1S/C24H21F2N5O/c25-19-9-18(10-20(26)11-19)13-29-7-5-22-21(15-29)23(32)31(24-28-6-8-30(22)24)14-17-3-1-16(12-27)2-4-17/h1-4,9-11H,5-8,13-15H2. The number of carbonyl (C=O) groups excluding carboxylic acids is 1. The van der Waals surface area contributed by atoms with E-state index in [0.717, 1.165) is 23.9 Å². The lowest BCUT2D eigenvalue weighted by Gasteiger charge is -2.42. The van der Waals surface area contributed by atoms with E-state index in [4.69, 9.17) is 5.26 Å². The number of rotatable bonds is 4. The Kier molecular flexibility index (Phi) is 5.19. The van der Waals surface area contributed by atoms with Crippen molar-refractivity contribution in [1.82, 2.24) is 14.7 Å². The first kappa shape index (κ1) is 20.3. The summed E-state index contributed by atoms with van der Waals surface area (Å²) in [6.45, 7) is 3.22. The Hall–Kier alpha value is -3.57. The predicted octanol–water partition coefficient (Wildman–Crippen LogP) is 3.01. The van der Waals surface area contributed by atoms with Crippen LogP contribution in [-0.2, 0) is 17.9 Å². The fraction of sp³-hybridized carbons (Fsp3) is 0.292. The van der Waals surface area contributed by atoms with Crippen molar-refractivity contribution in [1.29, 1.82) is 5.26 Å². The van der Waals surface area contributed by atoms with Gasteiger partial charge in [-0.2, -0.15) is 5.26 Å². The Bertz CT molecular complexity index is 1160. The Morgan fingerprint density at radius 1 is 1.00 bits per heavy atom. The van der Waals surface area contributed by atoms with Gasteiger partial charge in [-0.05, 0) is 35.4 Å². The van der Waals surface area contributed by atoms with Crippen LogP contribution in [0.4, 0.5) is 8.78 Å². The average molecular weight is 433 g/mol. The number of carbonyl (C=O) groups is 1. The number of amides is 1. The number of guanidine groups is 1. The number of aliphatic imine (C=N–C) groups is 1. The first-order valence-electron chi connectivity index (χ1n) is 10.5. The van der Waals surface area contributed by atoms with Crippen molar-refractivity contribution < 1.29 is 13.6 Å². The first-order chi connectivity index (χ1) is 15.5. The minimum absolute atomic E-state index is 0.0867.